The maximum absolute atomic E-state index is 12.9. The van der Waals surface area contributed by atoms with Crippen molar-refractivity contribution in [2.75, 3.05) is 31.1 Å². The molecule has 0 radical (unpaired) electrons. The van der Waals surface area contributed by atoms with E-state index in [0.29, 0.717) is 37.6 Å². The molecule has 1 spiro atoms. The number of hydrogen-bond donors (Lipinski definition) is 0. The molecule has 0 unspecified atom stereocenters. The van der Waals surface area contributed by atoms with E-state index in [1.165, 1.54) is 6.20 Å². The van der Waals surface area contributed by atoms with Crippen LogP contribution in [0.2, 0.25) is 0 Å². The van der Waals surface area contributed by atoms with Gasteiger partial charge in [-0.2, -0.15) is 5.26 Å². The molecule has 0 saturated carbocycles. The van der Waals surface area contributed by atoms with Crippen molar-refractivity contribution >= 4 is 11.7 Å². The molecular weight excluding hydrogens is 344 g/mol. The number of hydrogen-bond acceptors (Lipinski definition) is 7. The third-order valence-electron chi connectivity index (χ3n) is 4.77. The molecule has 4 heterocycles. The SMILES string of the molecule is CC1(C)CN(C(=O)c2cccnc2)CC2(CN(c3cnc(C#N)cn3)C2)O1. The Bertz CT molecular complexity index is 885. The van der Waals surface area contributed by atoms with Crippen molar-refractivity contribution in [3.8, 4) is 6.07 Å². The lowest BCUT2D eigenvalue weighted by Gasteiger charge is -2.58. The third kappa shape index (κ3) is 3.34. The van der Waals surface area contributed by atoms with Crippen LogP contribution in [0.1, 0.15) is 29.9 Å². The number of anilines is 1. The minimum absolute atomic E-state index is 0.0320. The second-order valence-corrected chi connectivity index (χ2v) is 7.68. The molecule has 0 atom stereocenters. The predicted octanol–water partition coefficient (Wildman–Crippen LogP) is 1.25. The molecule has 2 fully saturated rings. The summed E-state index contributed by atoms with van der Waals surface area (Å²) in [7, 11) is 0. The summed E-state index contributed by atoms with van der Waals surface area (Å²) in [5, 5.41) is 8.84. The lowest BCUT2D eigenvalue weighted by atomic mass is 9.88. The quantitative estimate of drug-likeness (QED) is 0.791. The number of carbonyl (C=O) groups is 1. The van der Waals surface area contributed by atoms with E-state index in [1.54, 1.807) is 30.7 Å². The zero-order valence-corrected chi connectivity index (χ0v) is 15.3. The number of amides is 1. The largest absolute Gasteiger partial charge is 0.362 e. The molecule has 2 aromatic rings. The summed E-state index contributed by atoms with van der Waals surface area (Å²) >= 11 is 0. The fourth-order valence-electron chi connectivity index (χ4n) is 3.85. The molecule has 0 aliphatic carbocycles. The molecule has 1 amide bonds. The van der Waals surface area contributed by atoms with Crippen LogP contribution in [0.15, 0.2) is 36.9 Å². The van der Waals surface area contributed by atoms with Crippen LogP contribution < -0.4 is 4.90 Å². The Hall–Kier alpha value is -3.05. The van der Waals surface area contributed by atoms with Crippen LogP contribution >= 0.6 is 0 Å². The number of carbonyl (C=O) groups excluding carboxylic acids is 1. The van der Waals surface area contributed by atoms with Crippen molar-refractivity contribution < 1.29 is 9.53 Å². The molecule has 0 N–H and O–H groups in total. The average Bonchev–Trinajstić information content (AvgIpc) is 2.65. The molecule has 2 aromatic heterocycles. The van der Waals surface area contributed by atoms with Crippen LogP contribution in [0.4, 0.5) is 5.82 Å². The first-order valence-electron chi connectivity index (χ1n) is 8.76. The average molecular weight is 364 g/mol. The highest BCUT2D eigenvalue weighted by Crippen LogP contribution is 2.37. The summed E-state index contributed by atoms with van der Waals surface area (Å²) in [5.74, 6) is 0.673. The van der Waals surface area contributed by atoms with Crippen molar-refractivity contribution in [3.63, 3.8) is 0 Å². The lowest BCUT2D eigenvalue weighted by molar-refractivity contribution is -0.197. The number of ether oxygens (including phenoxy) is 1. The Morgan fingerprint density at radius 3 is 2.63 bits per heavy atom. The Kier molecular flexibility index (Phi) is 4.04. The van der Waals surface area contributed by atoms with Gasteiger partial charge in [-0.25, -0.2) is 9.97 Å². The van der Waals surface area contributed by atoms with Crippen molar-refractivity contribution in [2.45, 2.75) is 25.0 Å². The molecule has 138 valence electrons. The molecule has 0 bridgehead atoms. The van der Waals surface area contributed by atoms with Gasteiger partial charge in [-0.15, -0.1) is 0 Å². The molecule has 4 rings (SSSR count). The second kappa shape index (κ2) is 6.28. The van der Waals surface area contributed by atoms with E-state index in [4.69, 9.17) is 10.00 Å². The van der Waals surface area contributed by atoms with Crippen LogP contribution in [0.3, 0.4) is 0 Å². The number of aromatic nitrogens is 3. The minimum Gasteiger partial charge on any atom is -0.362 e. The normalized spacial score (nSPS) is 20.0. The summed E-state index contributed by atoms with van der Waals surface area (Å²) < 4.78 is 6.36. The third-order valence-corrected chi connectivity index (χ3v) is 4.77. The fraction of sp³-hybridized carbons (Fsp3) is 0.421. The van der Waals surface area contributed by atoms with Crippen LogP contribution in [-0.2, 0) is 4.74 Å². The van der Waals surface area contributed by atoms with Crippen LogP contribution in [-0.4, -0.2) is 63.1 Å². The molecule has 8 nitrogen and oxygen atoms in total. The Labute approximate surface area is 157 Å². The van der Waals surface area contributed by atoms with E-state index in [-0.39, 0.29) is 11.6 Å². The Morgan fingerprint density at radius 1 is 1.19 bits per heavy atom. The van der Waals surface area contributed by atoms with Gasteiger partial charge in [0.15, 0.2) is 5.69 Å². The number of morpholine rings is 1. The standard InChI is InChI=1S/C19H20N6O2/c1-18(2)10-25(17(26)14-4-3-5-21-7-14)13-19(27-18)11-24(12-19)16-9-22-15(6-20)8-23-16/h3-5,7-9H,10-13H2,1-2H3. The maximum Gasteiger partial charge on any atom is 0.255 e. The minimum atomic E-state index is -0.446. The molecular formula is C19H20N6O2. The van der Waals surface area contributed by atoms with Gasteiger partial charge in [0.05, 0.1) is 43.2 Å². The zero-order valence-electron chi connectivity index (χ0n) is 15.3. The van der Waals surface area contributed by atoms with Gasteiger partial charge in [0.1, 0.15) is 17.5 Å². The predicted molar refractivity (Wildman–Crippen MR) is 97.0 cm³/mol. The van der Waals surface area contributed by atoms with Crippen molar-refractivity contribution in [3.05, 3.63) is 48.2 Å². The second-order valence-electron chi connectivity index (χ2n) is 7.68. The summed E-state index contributed by atoms with van der Waals surface area (Å²) in [6.45, 7) is 6.29. The van der Waals surface area contributed by atoms with Crippen LogP contribution in [0, 0.1) is 11.3 Å². The molecule has 8 heteroatoms. The van der Waals surface area contributed by atoms with E-state index in [2.05, 4.69) is 15.0 Å². The van der Waals surface area contributed by atoms with Crippen LogP contribution in [0.25, 0.3) is 0 Å². The van der Waals surface area contributed by atoms with Gasteiger partial charge >= 0.3 is 0 Å². The van der Waals surface area contributed by atoms with E-state index >= 15 is 0 Å². The zero-order chi connectivity index (χ0) is 19.1. The van der Waals surface area contributed by atoms with Crippen molar-refractivity contribution in [1.29, 1.82) is 5.26 Å². The highest BCUT2D eigenvalue weighted by atomic mass is 16.5. The van der Waals surface area contributed by atoms with Crippen LogP contribution in [0.5, 0.6) is 0 Å². The first-order chi connectivity index (χ1) is 12.9. The number of nitrogens with zero attached hydrogens (tertiary/aromatic N) is 6. The monoisotopic (exact) mass is 364 g/mol. The lowest BCUT2D eigenvalue weighted by Crippen LogP contribution is -2.74. The molecule has 2 aliphatic heterocycles. The summed E-state index contributed by atoms with van der Waals surface area (Å²) in [4.78, 5) is 29.2. The Balaban J connectivity index is 1.50. The van der Waals surface area contributed by atoms with Gasteiger partial charge in [-0.1, -0.05) is 0 Å². The summed E-state index contributed by atoms with van der Waals surface area (Å²) in [5.41, 5.74) is -0.00919. The van der Waals surface area contributed by atoms with E-state index in [1.807, 2.05) is 29.7 Å². The highest BCUT2D eigenvalue weighted by Gasteiger charge is 2.53. The fourth-order valence-corrected chi connectivity index (χ4v) is 3.85. The van der Waals surface area contributed by atoms with Gasteiger partial charge in [-0.05, 0) is 26.0 Å². The Morgan fingerprint density at radius 2 is 2.00 bits per heavy atom. The molecule has 0 aromatic carbocycles. The van der Waals surface area contributed by atoms with Gasteiger partial charge in [-0.3, -0.25) is 9.78 Å². The maximum atomic E-state index is 12.9. The number of nitriles is 1. The van der Waals surface area contributed by atoms with E-state index in [9.17, 15) is 4.79 Å². The van der Waals surface area contributed by atoms with Gasteiger partial charge in [0.2, 0.25) is 0 Å². The first kappa shape index (κ1) is 17.4. The molecule has 2 saturated heterocycles. The van der Waals surface area contributed by atoms with Gasteiger partial charge in [0.25, 0.3) is 5.91 Å². The number of pyridine rings is 1. The molecule has 27 heavy (non-hydrogen) atoms. The smallest absolute Gasteiger partial charge is 0.255 e. The summed E-state index contributed by atoms with van der Waals surface area (Å²) in [6, 6.07) is 5.51. The van der Waals surface area contributed by atoms with Crippen molar-refractivity contribution in [1.82, 2.24) is 19.9 Å². The number of rotatable bonds is 2. The van der Waals surface area contributed by atoms with E-state index in [0.717, 1.165) is 0 Å². The summed E-state index contributed by atoms with van der Waals surface area (Å²) in [6.07, 6.45) is 6.31. The van der Waals surface area contributed by atoms with Crippen molar-refractivity contribution in [2.24, 2.45) is 0 Å². The highest BCUT2D eigenvalue weighted by molar-refractivity contribution is 5.94. The first-order valence-corrected chi connectivity index (χ1v) is 8.76. The van der Waals surface area contributed by atoms with E-state index < -0.39 is 11.2 Å². The van der Waals surface area contributed by atoms with Gasteiger partial charge < -0.3 is 14.5 Å². The topological polar surface area (TPSA) is 95.2 Å². The van der Waals surface area contributed by atoms with Gasteiger partial charge in [0, 0.05) is 18.9 Å². The molecule has 2 aliphatic rings.